The molecule has 5 fully saturated rings. The maximum atomic E-state index is 14.7. The number of ether oxygens (including phenoxy) is 9. The fourth-order valence-corrected chi connectivity index (χ4v) is 12.2. The van der Waals surface area contributed by atoms with E-state index in [9.17, 15) is 34.2 Å². The standard InChI is InChI=1S/C57H87NO16/c1-34-14-11-10-12-15-35(2)47(72-33-42-32-69-23-25-70-42)30-41-19-17-39(6)57(65,74-41)54(62)55(63)58-21-13-16-43-44(28-40-18-20-46(49(29-40)67-8)71-24-22-66-7)48(73-56(64)50(43)58)31-45(59)36(3)27-38(5)52(61)53(68-9)51(60)37(4)26-34/h10-12,14-15,27,34,36-37,39-44,46-50,52-53,61,65H,13,16-26,28-33H2,1-9H3/b12-10+,14-11+,35-15+,38-27+/t34-,36-,37-,39-,40+,41+,42+,43-,44?,46-,47?,48+,49-,50?,52-,53+,57-/m1/s1. The average molecular weight is 1040 g/mol. The molecule has 1 aliphatic carbocycles. The first-order valence-corrected chi connectivity index (χ1v) is 27.3. The van der Waals surface area contributed by atoms with E-state index in [4.69, 9.17) is 42.6 Å². The SMILES string of the molecule is COCCO[C@@H]1CC[C@@H](CC2[C@H]3CCCN4C(=O)C(=O)[C@]5(O)O[C@@H](CC[C@H]5C)CC(OC[C@@H]5COCCO5)/C(C)=C/C=C/C=C/[C@@H](C)C[C@@H](C)C(=O)[C@H](OC)[C@H](O)/C(C)=C/[C@@H](C)C(=O)C[C@@H]2OC(=O)C34)C[C@H]1OC. The summed E-state index contributed by atoms with van der Waals surface area (Å²) >= 11 is 0. The van der Waals surface area contributed by atoms with E-state index in [1.54, 1.807) is 41.1 Å². The Morgan fingerprint density at radius 3 is 2.34 bits per heavy atom. The van der Waals surface area contributed by atoms with Gasteiger partial charge in [-0.15, -0.1) is 0 Å². The van der Waals surface area contributed by atoms with Gasteiger partial charge in [0.1, 0.15) is 36.2 Å². The topological polar surface area (TPSA) is 212 Å². The van der Waals surface area contributed by atoms with Gasteiger partial charge in [-0.3, -0.25) is 19.2 Å². The Morgan fingerprint density at radius 1 is 0.838 bits per heavy atom. The minimum absolute atomic E-state index is 0.00234. The molecule has 3 unspecified atom stereocenters. The fraction of sp³-hybridized carbons (Fsp3) is 0.772. The molecule has 5 aliphatic heterocycles. The molecule has 74 heavy (non-hydrogen) atoms. The maximum Gasteiger partial charge on any atom is 0.329 e. The average Bonchev–Trinajstić information content (AvgIpc) is 3.39. The summed E-state index contributed by atoms with van der Waals surface area (Å²) in [5, 5.41) is 23.9. The second-order valence-corrected chi connectivity index (χ2v) is 22.0. The van der Waals surface area contributed by atoms with Gasteiger partial charge in [-0.1, -0.05) is 64.2 Å². The van der Waals surface area contributed by atoms with Gasteiger partial charge in [0.15, 0.2) is 5.78 Å². The number of aliphatic hydroxyl groups is 2. The van der Waals surface area contributed by atoms with E-state index in [0.29, 0.717) is 83.6 Å². The van der Waals surface area contributed by atoms with Crippen molar-refractivity contribution in [3.8, 4) is 0 Å². The van der Waals surface area contributed by atoms with E-state index >= 15 is 0 Å². The number of rotatable bonds is 11. The number of nitrogens with zero attached hydrogens (tertiary/aromatic N) is 1. The molecule has 0 aromatic rings. The number of piperidine rings is 1. The van der Waals surface area contributed by atoms with Crippen LogP contribution < -0.4 is 0 Å². The van der Waals surface area contributed by atoms with Gasteiger partial charge in [0.2, 0.25) is 5.79 Å². The van der Waals surface area contributed by atoms with Crippen molar-refractivity contribution in [2.24, 2.45) is 41.4 Å². The molecular formula is C57H87NO16. The molecule has 1 saturated carbocycles. The van der Waals surface area contributed by atoms with Crippen LogP contribution in [0.25, 0.3) is 0 Å². The zero-order valence-corrected chi connectivity index (χ0v) is 45.5. The minimum atomic E-state index is -2.48. The van der Waals surface area contributed by atoms with E-state index in [2.05, 4.69) is 0 Å². The number of aliphatic hydroxyl groups excluding tert-OH is 1. The van der Waals surface area contributed by atoms with Crippen molar-refractivity contribution in [2.45, 2.75) is 173 Å². The summed E-state index contributed by atoms with van der Waals surface area (Å²) in [6.45, 7) is 13.4. The molecule has 17 nitrogen and oxygen atoms in total. The number of carbonyl (C=O) groups is 5. The van der Waals surface area contributed by atoms with Crippen LogP contribution in [0.3, 0.4) is 0 Å². The molecule has 6 aliphatic rings. The van der Waals surface area contributed by atoms with Crippen molar-refractivity contribution in [2.75, 3.05) is 67.5 Å². The number of hydrogen-bond donors (Lipinski definition) is 2. The Morgan fingerprint density at radius 2 is 1.62 bits per heavy atom. The quantitative estimate of drug-likeness (QED) is 0.107. The van der Waals surface area contributed by atoms with E-state index < -0.39 is 83.7 Å². The molecule has 2 N–H and O–H groups in total. The number of carbonyl (C=O) groups excluding carboxylic acids is 5. The van der Waals surface area contributed by atoms with E-state index in [1.807, 2.05) is 51.2 Å². The van der Waals surface area contributed by atoms with Gasteiger partial charge < -0.3 is 57.7 Å². The lowest BCUT2D eigenvalue weighted by Crippen LogP contribution is -2.65. The highest BCUT2D eigenvalue weighted by molar-refractivity contribution is 6.39. The summed E-state index contributed by atoms with van der Waals surface area (Å²) in [4.78, 5) is 73.3. The first-order chi connectivity index (χ1) is 35.4. The van der Waals surface area contributed by atoms with Gasteiger partial charge in [0, 0.05) is 64.4 Å². The monoisotopic (exact) mass is 1040 g/mol. The first-order valence-electron chi connectivity index (χ1n) is 27.3. The Hall–Kier alpha value is -3.49. The third kappa shape index (κ3) is 15.2. The predicted octanol–water partition coefficient (Wildman–Crippen LogP) is 5.86. The van der Waals surface area contributed by atoms with Crippen LogP contribution in [0.5, 0.6) is 0 Å². The molecular weight excluding hydrogens is 955 g/mol. The number of Topliss-reactive ketones (excluding diaryl/α,β-unsaturated/α-hetero) is 3. The van der Waals surface area contributed by atoms with Crippen molar-refractivity contribution in [3.63, 3.8) is 0 Å². The lowest BCUT2D eigenvalue weighted by Gasteiger charge is -2.50. The van der Waals surface area contributed by atoms with E-state index in [0.717, 1.165) is 18.4 Å². The highest BCUT2D eigenvalue weighted by atomic mass is 16.6. The summed E-state index contributed by atoms with van der Waals surface area (Å²) < 4.78 is 53.6. The Labute approximate surface area is 439 Å². The molecule has 5 heterocycles. The molecule has 0 aromatic heterocycles. The number of ketones is 3. The Balaban J connectivity index is 1.33. The maximum absolute atomic E-state index is 14.7. The van der Waals surface area contributed by atoms with Gasteiger partial charge in [-0.2, -0.15) is 0 Å². The molecule has 6 rings (SSSR count). The number of allylic oxidation sites excluding steroid dienone is 6. The Bertz CT molecular complexity index is 2010. The lowest BCUT2D eigenvalue weighted by molar-refractivity contribution is -0.266. The summed E-state index contributed by atoms with van der Waals surface area (Å²) in [7, 11) is 4.68. The van der Waals surface area contributed by atoms with Gasteiger partial charge in [-0.05, 0) is 101 Å². The largest absolute Gasteiger partial charge is 0.460 e. The van der Waals surface area contributed by atoms with Crippen molar-refractivity contribution in [3.05, 3.63) is 47.6 Å². The lowest BCUT2D eigenvalue weighted by atomic mass is 9.68. The number of fused-ring (bicyclic) bond motifs is 4. The summed E-state index contributed by atoms with van der Waals surface area (Å²) in [6, 6.07) is -1.14. The van der Waals surface area contributed by atoms with Crippen LogP contribution in [0.1, 0.15) is 112 Å². The molecule has 4 bridgehead atoms. The molecule has 1 amide bonds. The van der Waals surface area contributed by atoms with Crippen LogP contribution >= 0.6 is 0 Å². The molecule has 416 valence electrons. The van der Waals surface area contributed by atoms with Crippen molar-refractivity contribution in [1.29, 1.82) is 0 Å². The van der Waals surface area contributed by atoms with Crippen LogP contribution in [0.4, 0.5) is 0 Å². The zero-order chi connectivity index (χ0) is 53.7. The second kappa shape index (κ2) is 28.2. The van der Waals surface area contributed by atoms with Crippen molar-refractivity contribution in [1.82, 2.24) is 4.90 Å². The smallest absolute Gasteiger partial charge is 0.329 e. The van der Waals surface area contributed by atoms with Gasteiger partial charge >= 0.3 is 5.97 Å². The van der Waals surface area contributed by atoms with Crippen LogP contribution in [0.2, 0.25) is 0 Å². The highest BCUT2D eigenvalue weighted by Crippen LogP contribution is 2.45. The molecule has 4 saturated heterocycles. The number of amides is 1. The molecule has 0 radical (unpaired) electrons. The van der Waals surface area contributed by atoms with Crippen molar-refractivity contribution >= 4 is 29.2 Å². The molecule has 0 aromatic carbocycles. The van der Waals surface area contributed by atoms with Crippen LogP contribution in [0, 0.1) is 41.4 Å². The normalized spacial score (nSPS) is 41.2. The highest BCUT2D eigenvalue weighted by Gasteiger charge is 2.57. The number of hydrogen-bond acceptors (Lipinski definition) is 16. The number of esters is 1. The molecule has 17 heteroatoms. The van der Waals surface area contributed by atoms with Gasteiger partial charge in [0.05, 0.1) is 64.1 Å². The van der Waals surface area contributed by atoms with Crippen molar-refractivity contribution < 1.29 is 76.8 Å². The summed E-state index contributed by atoms with van der Waals surface area (Å²) in [6.07, 6.45) is 11.3. The van der Waals surface area contributed by atoms with Gasteiger partial charge in [0.25, 0.3) is 11.7 Å². The number of methoxy groups -OCH3 is 3. The Kier molecular flexibility index (Phi) is 22.8. The zero-order valence-electron chi connectivity index (χ0n) is 45.5. The third-order valence-electron chi connectivity index (χ3n) is 16.6. The summed E-state index contributed by atoms with van der Waals surface area (Å²) in [5.41, 5.74) is 1.25. The second-order valence-electron chi connectivity index (χ2n) is 22.0. The summed E-state index contributed by atoms with van der Waals surface area (Å²) in [5.74, 6) is -8.53. The van der Waals surface area contributed by atoms with E-state index in [1.165, 1.54) is 12.0 Å². The van der Waals surface area contributed by atoms with Crippen LogP contribution in [0.15, 0.2) is 47.6 Å². The molecule has 17 atom stereocenters. The third-order valence-corrected chi connectivity index (χ3v) is 16.6. The molecule has 0 spiro atoms. The van der Waals surface area contributed by atoms with Crippen LogP contribution in [-0.4, -0.2) is 173 Å². The minimum Gasteiger partial charge on any atom is -0.460 e. The fourth-order valence-electron chi connectivity index (χ4n) is 12.2. The van der Waals surface area contributed by atoms with Crippen LogP contribution in [-0.2, 0) is 66.6 Å². The van der Waals surface area contributed by atoms with E-state index in [-0.39, 0.29) is 73.6 Å². The van der Waals surface area contributed by atoms with Gasteiger partial charge in [-0.25, -0.2) is 4.79 Å². The predicted molar refractivity (Wildman–Crippen MR) is 273 cm³/mol. The first kappa shape index (κ1) is 59.7.